The van der Waals surface area contributed by atoms with Crippen molar-refractivity contribution in [3.63, 3.8) is 0 Å². The molecule has 0 spiro atoms. The molecule has 0 bridgehead atoms. The van der Waals surface area contributed by atoms with Crippen molar-refractivity contribution >= 4 is 0 Å². The van der Waals surface area contributed by atoms with Crippen molar-refractivity contribution in [1.82, 2.24) is 4.90 Å². The van der Waals surface area contributed by atoms with Crippen LogP contribution in [0.2, 0.25) is 0 Å². The van der Waals surface area contributed by atoms with Crippen molar-refractivity contribution in [1.29, 1.82) is 0 Å². The molecular weight excluding hydrogens is 146 g/mol. The van der Waals surface area contributed by atoms with Gasteiger partial charge in [-0.05, 0) is 44.1 Å². The summed E-state index contributed by atoms with van der Waals surface area (Å²) in [5, 5.41) is 0. The van der Waals surface area contributed by atoms with Crippen molar-refractivity contribution in [3.05, 3.63) is 0 Å². The van der Waals surface area contributed by atoms with E-state index < -0.39 is 0 Å². The smallest absolute Gasteiger partial charge is 0.0119 e. The molecule has 2 rings (SSSR count). The molecule has 12 heavy (non-hydrogen) atoms. The van der Waals surface area contributed by atoms with Crippen molar-refractivity contribution in [2.24, 2.45) is 11.8 Å². The highest BCUT2D eigenvalue weighted by Crippen LogP contribution is 2.33. The maximum atomic E-state index is 2.74. The third kappa shape index (κ3) is 1.82. The van der Waals surface area contributed by atoms with Crippen LogP contribution >= 0.6 is 0 Å². The summed E-state index contributed by atoms with van der Waals surface area (Å²) in [6, 6.07) is 0.908. The first kappa shape index (κ1) is 8.55. The highest BCUT2D eigenvalue weighted by Gasteiger charge is 2.31. The van der Waals surface area contributed by atoms with Gasteiger partial charge in [0.05, 0.1) is 0 Å². The van der Waals surface area contributed by atoms with Crippen LogP contribution in [0.25, 0.3) is 0 Å². The Bertz CT molecular complexity index is 149. The first-order valence-corrected chi connectivity index (χ1v) is 5.51. The topological polar surface area (TPSA) is 3.24 Å². The van der Waals surface area contributed by atoms with Gasteiger partial charge in [-0.3, -0.25) is 4.90 Å². The summed E-state index contributed by atoms with van der Waals surface area (Å²) in [6.45, 7) is 7.52. The lowest BCUT2D eigenvalue weighted by Crippen LogP contribution is -2.34. The van der Waals surface area contributed by atoms with Gasteiger partial charge in [-0.25, -0.2) is 0 Å². The molecule has 1 nitrogen and oxygen atoms in total. The fourth-order valence-corrected chi connectivity index (χ4v) is 2.47. The second-order valence-electron chi connectivity index (χ2n) is 4.89. The van der Waals surface area contributed by atoms with Gasteiger partial charge in [-0.2, -0.15) is 0 Å². The van der Waals surface area contributed by atoms with E-state index in [-0.39, 0.29) is 0 Å². The normalized spacial score (nSPS) is 31.8. The van der Waals surface area contributed by atoms with E-state index in [9.17, 15) is 0 Å². The molecule has 0 aromatic heterocycles. The van der Waals surface area contributed by atoms with Gasteiger partial charge in [0, 0.05) is 12.6 Å². The molecule has 1 aliphatic carbocycles. The molecule has 1 heteroatoms. The molecule has 2 fully saturated rings. The Hall–Kier alpha value is -0.0400. The lowest BCUT2D eigenvalue weighted by molar-refractivity contribution is 0.199. The molecule has 1 atom stereocenters. The van der Waals surface area contributed by atoms with Crippen molar-refractivity contribution in [2.75, 3.05) is 13.1 Å². The minimum atomic E-state index is 0.867. The summed E-state index contributed by atoms with van der Waals surface area (Å²) in [7, 11) is 0. The predicted octanol–water partition coefficient (Wildman–Crippen LogP) is 2.52. The Morgan fingerprint density at radius 1 is 1.25 bits per heavy atom. The van der Waals surface area contributed by atoms with Gasteiger partial charge in [0.25, 0.3) is 0 Å². The van der Waals surface area contributed by atoms with E-state index in [0.29, 0.717) is 0 Å². The Morgan fingerprint density at radius 3 is 2.58 bits per heavy atom. The molecule has 2 aliphatic rings. The third-order valence-corrected chi connectivity index (χ3v) is 3.37. The minimum Gasteiger partial charge on any atom is -0.300 e. The van der Waals surface area contributed by atoms with Gasteiger partial charge in [0.2, 0.25) is 0 Å². The second kappa shape index (κ2) is 3.37. The molecule has 0 N–H and O–H groups in total. The lowest BCUT2D eigenvalue weighted by atomic mass is 10.0. The molecule has 1 saturated carbocycles. The Balaban J connectivity index is 1.84. The zero-order valence-electron chi connectivity index (χ0n) is 8.42. The Labute approximate surface area is 76.1 Å². The van der Waals surface area contributed by atoms with Gasteiger partial charge in [0.15, 0.2) is 0 Å². The molecule has 70 valence electrons. The van der Waals surface area contributed by atoms with Crippen LogP contribution in [0, 0.1) is 11.8 Å². The predicted molar refractivity (Wildman–Crippen MR) is 52.2 cm³/mol. The fraction of sp³-hybridized carbons (Fsp3) is 1.00. The fourth-order valence-electron chi connectivity index (χ4n) is 2.47. The number of rotatable bonds is 3. The van der Waals surface area contributed by atoms with E-state index in [0.717, 1.165) is 17.9 Å². The van der Waals surface area contributed by atoms with E-state index >= 15 is 0 Å². The molecule has 0 aromatic carbocycles. The summed E-state index contributed by atoms with van der Waals surface area (Å²) < 4.78 is 0. The maximum Gasteiger partial charge on any atom is 0.0119 e. The van der Waals surface area contributed by atoms with Crippen LogP contribution in [-0.4, -0.2) is 24.0 Å². The average molecular weight is 167 g/mol. The number of likely N-dealkylation sites (tertiary alicyclic amines) is 1. The molecule has 0 radical (unpaired) electrons. The van der Waals surface area contributed by atoms with Crippen LogP contribution in [0.15, 0.2) is 0 Å². The van der Waals surface area contributed by atoms with E-state index in [1.54, 1.807) is 0 Å². The molecular formula is C11H21N. The highest BCUT2D eigenvalue weighted by molar-refractivity contribution is 4.86. The zero-order valence-corrected chi connectivity index (χ0v) is 8.42. The van der Waals surface area contributed by atoms with Crippen LogP contribution in [0.4, 0.5) is 0 Å². The standard InChI is InChI=1S/C11H21N/c1-9(2)11-4-3-7-12(11)8-10-5-6-10/h9-11H,3-8H2,1-2H3/t11-/m0/s1. The zero-order chi connectivity index (χ0) is 8.55. The van der Waals surface area contributed by atoms with E-state index in [4.69, 9.17) is 0 Å². The van der Waals surface area contributed by atoms with Crippen LogP contribution in [0.1, 0.15) is 39.5 Å². The molecule has 0 aromatic rings. The van der Waals surface area contributed by atoms with Gasteiger partial charge < -0.3 is 0 Å². The molecule has 0 unspecified atom stereocenters. The quantitative estimate of drug-likeness (QED) is 0.624. The second-order valence-corrected chi connectivity index (χ2v) is 4.89. The molecule has 1 aliphatic heterocycles. The molecule has 1 saturated heterocycles. The van der Waals surface area contributed by atoms with Crippen molar-refractivity contribution in [2.45, 2.75) is 45.6 Å². The minimum absolute atomic E-state index is 0.867. The molecule has 0 amide bonds. The highest BCUT2D eigenvalue weighted by atomic mass is 15.2. The van der Waals surface area contributed by atoms with Crippen molar-refractivity contribution in [3.8, 4) is 0 Å². The van der Waals surface area contributed by atoms with Gasteiger partial charge in [-0.15, -0.1) is 0 Å². The van der Waals surface area contributed by atoms with Gasteiger partial charge >= 0.3 is 0 Å². The van der Waals surface area contributed by atoms with E-state index in [2.05, 4.69) is 18.7 Å². The average Bonchev–Trinajstić information content (AvgIpc) is 2.66. The van der Waals surface area contributed by atoms with Crippen molar-refractivity contribution < 1.29 is 0 Å². The van der Waals surface area contributed by atoms with E-state index in [1.807, 2.05) is 0 Å². The Morgan fingerprint density at radius 2 is 2.00 bits per heavy atom. The summed E-state index contributed by atoms with van der Waals surface area (Å²) in [5.74, 6) is 1.94. The largest absolute Gasteiger partial charge is 0.300 e. The van der Waals surface area contributed by atoms with Crippen LogP contribution in [0.5, 0.6) is 0 Å². The Kier molecular flexibility index (Phi) is 2.40. The SMILES string of the molecule is CC(C)[C@@H]1CCCN1CC1CC1. The summed E-state index contributed by atoms with van der Waals surface area (Å²) in [4.78, 5) is 2.74. The summed E-state index contributed by atoms with van der Waals surface area (Å²) in [6.07, 6.45) is 5.89. The monoisotopic (exact) mass is 167 g/mol. The first-order chi connectivity index (χ1) is 5.77. The number of hydrogen-bond acceptors (Lipinski definition) is 1. The first-order valence-electron chi connectivity index (χ1n) is 5.51. The third-order valence-electron chi connectivity index (χ3n) is 3.37. The van der Waals surface area contributed by atoms with Crippen LogP contribution < -0.4 is 0 Å². The van der Waals surface area contributed by atoms with Gasteiger partial charge in [-0.1, -0.05) is 13.8 Å². The number of hydrogen-bond donors (Lipinski definition) is 0. The summed E-state index contributed by atoms with van der Waals surface area (Å²) >= 11 is 0. The van der Waals surface area contributed by atoms with Crippen LogP contribution in [0.3, 0.4) is 0 Å². The molecule has 1 heterocycles. The van der Waals surface area contributed by atoms with E-state index in [1.165, 1.54) is 38.8 Å². The van der Waals surface area contributed by atoms with Crippen LogP contribution in [-0.2, 0) is 0 Å². The number of nitrogens with zero attached hydrogens (tertiary/aromatic N) is 1. The maximum absolute atomic E-state index is 2.74. The summed E-state index contributed by atoms with van der Waals surface area (Å²) in [5.41, 5.74) is 0. The lowest BCUT2D eigenvalue weighted by Gasteiger charge is -2.27. The van der Waals surface area contributed by atoms with Gasteiger partial charge in [0.1, 0.15) is 0 Å².